The molecule has 1 aromatic rings. The molecule has 0 spiro atoms. The Bertz CT molecular complexity index is 299. The van der Waals surface area contributed by atoms with E-state index in [9.17, 15) is 0 Å². The van der Waals surface area contributed by atoms with Crippen LogP contribution in [0.25, 0.3) is 0 Å². The van der Waals surface area contributed by atoms with E-state index in [1.807, 2.05) is 13.8 Å². The third-order valence-electron chi connectivity index (χ3n) is 2.66. The molecular weight excluding hydrogens is 168 g/mol. The fourth-order valence-electron chi connectivity index (χ4n) is 1.74. The maximum Gasteiger partial charge on any atom is -0.00944 e. The van der Waals surface area contributed by atoms with Gasteiger partial charge < -0.3 is 0 Å². The van der Waals surface area contributed by atoms with Crippen LogP contribution in [0.4, 0.5) is 0 Å². The Morgan fingerprint density at radius 2 is 1.14 bits per heavy atom. The fraction of sp³-hybridized carbons (Fsp3) is 0.429. The highest BCUT2D eigenvalue weighted by Gasteiger charge is 2.05. The number of hydrogen-bond acceptors (Lipinski definition) is 0. The smallest absolute Gasteiger partial charge is 0.00944 e. The molecule has 0 nitrogen and oxygen atoms in total. The van der Waals surface area contributed by atoms with Gasteiger partial charge in [0.2, 0.25) is 0 Å². The van der Waals surface area contributed by atoms with Gasteiger partial charge in [-0.2, -0.15) is 0 Å². The van der Waals surface area contributed by atoms with E-state index in [2.05, 4.69) is 38.1 Å². The van der Waals surface area contributed by atoms with E-state index in [-0.39, 0.29) is 0 Å². The van der Waals surface area contributed by atoms with E-state index in [4.69, 9.17) is 0 Å². The van der Waals surface area contributed by atoms with E-state index in [0.717, 1.165) is 12.8 Å². The Balaban J connectivity index is 0.000000461. The molecule has 1 aromatic carbocycles. The number of allylic oxidation sites excluding steroid dienone is 2. The van der Waals surface area contributed by atoms with Crippen molar-refractivity contribution in [3.8, 4) is 0 Å². The van der Waals surface area contributed by atoms with Crippen molar-refractivity contribution >= 4 is 0 Å². The lowest BCUT2D eigenvalue weighted by molar-refractivity contribution is 1.07. The van der Waals surface area contributed by atoms with Gasteiger partial charge in [0.15, 0.2) is 0 Å². The Morgan fingerprint density at radius 1 is 0.786 bits per heavy atom. The van der Waals surface area contributed by atoms with Crippen molar-refractivity contribution < 1.29 is 0 Å². The largest absolute Gasteiger partial charge is 0.0838 e. The van der Waals surface area contributed by atoms with Gasteiger partial charge in [-0.3, -0.25) is 0 Å². The van der Waals surface area contributed by atoms with Gasteiger partial charge in [0.1, 0.15) is 0 Å². The van der Waals surface area contributed by atoms with Crippen LogP contribution in [0.15, 0.2) is 24.3 Å². The average molecular weight is 188 g/mol. The number of aryl methyl sites for hydroxylation is 2. The SMILES string of the molecule is CC.Cc1cc2c(cc1C)CC=CC2. The summed E-state index contributed by atoms with van der Waals surface area (Å²) >= 11 is 0. The zero-order valence-corrected chi connectivity index (χ0v) is 9.72. The lowest BCUT2D eigenvalue weighted by Gasteiger charge is -2.13. The van der Waals surface area contributed by atoms with Crippen LogP contribution >= 0.6 is 0 Å². The van der Waals surface area contributed by atoms with Crippen molar-refractivity contribution in [3.05, 3.63) is 46.5 Å². The van der Waals surface area contributed by atoms with E-state index in [1.54, 1.807) is 0 Å². The maximum atomic E-state index is 2.33. The number of benzene rings is 1. The van der Waals surface area contributed by atoms with Gasteiger partial charge in [-0.25, -0.2) is 0 Å². The number of hydrogen-bond donors (Lipinski definition) is 0. The normalized spacial score (nSPS) is 12.9. The molecule has 2 rings (SSSR count). The summed E-state index contributed by atoms with van der Waals surface area (Å²) in [5.74, 6) is 0. The van der Waals surface area contributed by atoms with Crippen molar-refractivity contribution in [1.29, 1.82) is 0 Å². The minimum absolute atomic E-state index is 1.12. The second-order valence-electron chi connectivity index (χ2n) is 3.58. The molecule has 76 valence electrons. The molecule has 0 heteroatoms. The lowest BCUT2D eigenvalue weighted by Crippen LogP contribution is -1.99. The molecule has 0 heterocycles. The zero-order chi connectivity index (χ0) is 10.6. The van der Waals surface area contributed by atoms with Crippen LogP contribution in [-0.4, -0.2) is 0 Å². The van der Waals surface area contributed by atoms with Crippen molar-refractivity contribution in [3.63, 3.8) is 0 Å². The molecule has 0 N–H and O–H groups in total. The summed E-state index contributed by atoms with van der Waals surface area (Å²) in [6.07, 6.45) is 6.76. The number of fused-ring (bicyclic) bond motifs is 1. The third kappa shape index (κ3) is 2.25. The molecule has 0 fully saturated rings. The van der Waals surface area contributed by atoms with Gasteiger partial charge >= 0.3 is 0 Å². The quantitative estimate of drug-likeness (QED) is 0.540. The Kier molecular flexibility index (Phi) is 3.94. The Labute approximate surface area is 87.7 Å². The highest BCUT2D eigenvalue weighted by Crippen LogP contribution is 2.20. The second-order valence-corrected chi connectivity index (χ2v) is 3.58. The fourth-order valence-corrected chi connectivity index (χ4v) is 1.74. The average Bonchev–Trinajstić information content (AvgIpc) is 2.23. The highest BCUT2D eigenvalue weighted by molar-refractivity contribution is 5.40. The lowest BCUT2D eigenvalue weighted by atomic mass is 9.93. The van der Waals surface area contributed by atoms with E-state index >= 15 is 0 Å². The first kappa shape index (κ1) is 11.0. The van der Waals surface area contributed by atoms with Crippen LogP contribution < -0.4 is 0 Å². The topological polar surface area (TPSA) is 0 Å². The summed E-state index contributed by atoms with van der Waals surface area (Å²) in [4.78, 5) is 0. The van der Waals surface area contributed by atoms with Gasteiger partial charge in [-0.15, -0.1) is 0 Å². The van der Waals surface area contributed by atoms with Crippen LogP contribution in [0, 0.1) is 13.8 Å². The summed E-state index contributed by atoms with van der Waals surface area (Å²) in [7, 11) is 0. The third-order valence-corrected chi connectivity index (χ3v) is 2.66. The molecule has 1 aliphatic carbocycles. The summed E-state index contributed by atoms with van der Waals surface area (Å²) in [5, 5.41) is 0. The molecule has 1 aliphatic rings. The molecule has 0 aromatic heterocycles. The van der Waals surface area contributed by atoms with Crippen molar-refractivity contribution in [2.75, 3.05) is 0 Å². The zero-order valence-electron chi connectivity index (χ0n) is 9.72. The van der Waals surface area contributed by atoms with E-state index in [0.29, 0.717) is 0 Å². The van der Waals surface area contributed by atoms with Crippen molar-refractivity contribution in [2.24, 2.45) is 0 Å². The molecule has 0 radical (unpaired) electrons. The molecule has 0 unspecified atom stereocenters. The van der Waals surface area contributed by atoms with Gasteiger partial charge in [0, 0.05) is 0 Å². The van der Waals surface area contributed by atoms with Crippen LogP contribution in [0.5, 0.6) is 0 Å². The Hall–Kier alpha value is -1.04. The first-order valence-corrected chi connectivity index (χ1v) is 5.51. The first-order valence-electron chi connectivity index (χ1n) is 5.51. The number of rotatable bonds is 0. The van der Waals surface area contributed by atoms with Gasteiger partial charge in [0.25, 0.3) is 0 Å². The van der Waals surface area contributed by atoms with Gasteiger partial charge in [-0.05, 0) is 48.9 Å². The monoisotopic (exact) mass is 188 g/mol. The van der Waals surface area contributed by atoms with E-state index in [1.165, 1.54) is 22.3 Å². The summed E-state index contributed by atoms with van der Waals surface area (Å²) < 4.78 is 0. The molecule has 0 saturated carbocycles. The molecule has 0 amide bonds. The standard InChI is InChI=1S/C12H14.C2H6/c1-9-7-11-5-3-4-6-12(11)8-10(9)2;1-2/h3-4,7-8H,5-6H2,1-2H3;1-2H3. The summed E-state index contributed by atoms with van der Waals surface area (Å²) in [5.41, 5.74) is 5.87. The van der Waals surface area contributed by atoms with Crippen LogP contribution in [-0.2, 0) is 12.8 Å². The Morgan fingerprint density at radius 3 is 1.50 bits per heavy atom. The molecular formula is C14H20. The molecule has 0 aliphatic heterocycles. The predicted octanol–water partition coefficient (Wildman–Crippen LogP) is 3.98. The first-order chi connectivity index (χ1) is 6.77. The predicted molar refractivity (Wildman–Crippen MR) is 63.8 cm³/mol. The summed E-state index contributed by atoms with van der Waals surface area (Å²) in [6.45, 7) is 8.38. The minimum Gasteiger partial charge on any atom is -0.0838 e. The van der Waals surface area contributed by atoms with Crippen molar-refractivity contribution in [2.45, 2.75) is 40.5 Å². The molecule has 0 atom stereocenters. The summed E-state index contributed by atoms with van der Waals surface area (Å²) in [6, 6.07) is 4.66. The molecule has 14 heavy (non-hydrogen) atoms. The molecule has 0 bridgehead atoms. The molecule has 0 saturated heterocycles. The highest BCUT2D eigenvalue weighted by atomic mass is 14.1. The van der Waals surface area contributed by atoms with Crippen LogP contribution in [0.3, 0.4) is 0 Å². The van der Waals surface area contributed by atoms with Gasteiger partial charge in [0.05, 0.1) is 0 Å². The second kappa shape index (κ2) is 4.99. The van der Waals surface area contributed by atoms with Crippen LogP contribution in [0.2, 0.25) is 0 Å². The maximum absolute atomic E-state index is 2.33. The minimum atomic E-state index is 1.12. The van der Waals surface area contributed by atoms with Crippen molar-refractivity contribution in [1.82, 2.24) is 0 Å². The van der Waals surface area contributed by atoms with Gasteiger partial charge in [-0.1, -0.05) is 38.1 Å². The van der Waals surface area contributed by atoms with Crippen LogP contribution in [0.1, 0.15) is 36.1 Å². The van der Waals surface area contributed by atoms with E-state index < -0.39 is 0 Å².